The van der Waals surface area contributed by atoms with Crippen molar-refractivity contribution in [2.24, 2.45) is 5.92 Å². The fourth-order valence-electron chi connectivity index (χ4n) is 6.76. The molecule has 3 aromatic carbocycles. The molecule has 7 nitrogen and oxygen atoms in total. The highest BCUT2D eigenvalue weighted by molar-refractivity contribution is 7.90. The number of halogens is 1. The summed E-state index contributed by atoms with van der Waals surface area (Å²) in [6.45, 7) is 0. The summed E-state index contributed by atoms with van der Waals surface area (Å²) in [5.41, 5.74) is 3.04. The minimum absolute atomic E-state index is 0.0147. The summed E-state index contributed by atoms with van der Waals surface area (Å²) in [6.07, 6.45) is 4.71. The first-order valence-electron chi connectivity index (χ1n) is 15.5. The van der Waals surface area contributed by atoms with E-state index in [1.54, 1.807) is 36.5 Å². The van der Waals surface area contributed by atoms with Crippen LogP contribution in [0.25, 0.3) is 0 Å². The lowest BCUT2D eigenvalue weighted by atomic mass is 9.83. The van der Waals surface area contributed by atoms with Crippen LogP contribution < -0.4 is 0 Å². The molecule has 1 saturated carbocycles. The number of pyridine rings is 1. The van der Waals surface area contributed by atoms with E-state index >= 15 is 0 Å². The third kappa shape index (κ3) is 7.15. The van der Waals surface area contributed by atoms with Crippen LogP contribution in [0.2, 0.25) is 5.02 Å². The van der Waals surface area contributed by atoms with Crippen molar-refractivity contribution >= 4 is 33.0 Å². The average Bonchev–Trinajstić information content (AvgIpc) is 3.65. The first kappa shape index (κ1) is 32.3. The Morgan fingerprint density at radius 1 is 0.891 bits per heavy atom. The Morgan fingerprint density at radius 3 is 2.09 bits per heavy atom. The number of benzene rings is 3. The van der Waals surface area contributed by atoms with Crippen molar-refractivity contribution in [2.75, 3.05) is 6.26 Å². The van der Waals surface area contributed by atoms with Crippen LogP contribution in [0.5, 0.6) is 0 Å². The maximum atomic E-state index is 13.9. The minimum Gasteiger partial charge on any atom is -0.339 e. The molecule has 2 aliphatic rings. The number of carbonyl (C=O) groups excluding carboxylic acids is 2. The fourth-order valence-corrected chi connectivity index (χ4v) is 8.09. The molecule has 1 aromatic heterocycles. The molecular formula is C37H36ClNO6S. The number of nitrogens with zero attached hydrogens (tertiary/aromatic N) is 1. The summed E-state index contributed by atoms with van der Waals surface area (Å²) in [5, 5.41) is 0.0733. The van der Waals surface area contributed by atoms with Crippen LogP contribution in [-0.2, 0) is 24.1 Å². The summed E-state index contributed by atoms with van der Waals surface area (Å²) in [5.74, 6) is -1.61. The summed E-state index contributed by atoms with van der Waals surface area (Å²) in [4.78, 5) is 30.8. The van der Waals surface area contributed by atoms with Gasteiger partial charge in [0.1, 0.15) is 23.7 Å². The van der Waals surface area contributed by atoms with Gasteiger partial charge in [-0.2, -0.15) is 0 Å². The Morgan fingerprint density at radius 2 is 1.52 bits per heavy atom. The zero-order chi connectivity index (χ0) is 32.3. The van der Waals surface area contributed by atoms with Crippen LogP contribution in [0.1, 0.15) is 83.8 Å². The van der Waals surface area contributed by atoms with Gasteiger partial charge in [-0.25, -0.2) is 8.42 Å². The standard InChI is InChI=1S/C37H36ClNO6S/c1-46(42,43)34-18-15-28(23-30(34)38)29(32(40)16-17-33(41)31-14-8-9-21-39-31)22-25-19-20-37(24-25)44-35(26-10-4-2-5-11-26)36(45-37)27-12-6-3-7-13-27/h2-15,18,21,23,25,29,35-36H,16-17,19-20,22,24H2,1H3/t25?,29?,35-,36-/m1/s1. The second-order valence-corrected chi connectivity index (χ2v) is 14.7. The van der Waals surface area contributed by atoms with Gasteiger partial charge in [-0.15, -0.1) is 0 Å². The number of aromatic nitrogens is 1. The SMILES string of the molecule is CS(=O)(=O)c1ccc(C(CC2CCC3(C2)O[C@H](c2ccccc2)[C@@H](c2ccccc2)O3)C(=O)CCC(=O)c2ccccn2)cc1Cl. The van der Waals surface area contributed by atoms with E-state index in [1.807, 2.05) is 36.4 Å². The number of Topliss-reactive ketones (excluding diaryl/α,β-unsaturated/α-hetero) is 2. The lowest BCUT2D eigenvalue weighted by Crippen LogP contribution is -2.27. The Kier molecular flexibility index (Phi) is 9.52. The molecule has 2 fully saturated rings. The predicted octanol–water partition coefficient (Wildman–Crippen LogP) is 7.87. The van der Waals surface area contributed by atoms with Crippen LogP contribution in [-0.4, -0.2) is 37.0 Å². The van der Waals surface area contributed by atoms with Gasteiger partial charge in [-0.1, -0.05) is 84.4 Å². The van der Waals surface area contributed by atoms with Crippen molar-refractivity contribution < 1.29 is 27.5 Å². The molecule has 1 saturated heterocycles. The topological polar surface area (TPSA) is 99.6 Å². The van der Waals surface area contributed by atoms with E-state index in [-0.39, 0.29) is 52.5 Å². The van der Waals surface area contributed by atoms with Gasteiger partial charge < -0.3 is 9.47 Å². The van der Waals surface area contributed by atoms with E-state index < -0.39 is 21.5 Å². The molecule has 0 radical (unpaired) electrons. The summed E-state index contributed by atoms with van der Waals surface area (Å²) >= 11 is 6.44. The number of ketones is 2. The lowest BCUT2D eigenvalue weighted by molar-refractivity contribution is -0.173. The molecule has 4 aromatic rings. The van der Waals surface area contributed by atoms with Gasteiger partial charge in [-0.05, 0) is 59.7 Å². The van der Waals surface area contributed by atoms with Gasteiger partial charge in [0.2, 0.25) is 0 Å². The van der Waals surface area contributed by atoms with Crippen molar-refractivity contribution in [3.63, 3.8) is 0 Å². The number of rotatable bonds is 11. The summed E-state index contributed by atoms with van der Waals surface area (Å²) < 4.78 is 38.1. The summed E-state index contributed by atoms with van der Waals surface area (Å²) in [7, 11) is -3.54. The van der Waals surface area contributed by atoms with E-state index in [0.29, 0.717) is 30.5 Å². The molecule has 0 bridgehead atoms. The molecule has 0 amide bonds. The van der Waals surface area contributed by atoms with Gasteiger partial charge in [0.05, 0.1) is 9.92 Å². The van der Waals surface area contributed by atoms with Crippen LogP contribution in [0, 0.1) is 5.92 Å². The van der Waals surface area contributed by atoms with Gasteiger partial charge in [0, 0.05) is 44.1 Å². The van der Waals surface area contributed by atoms with E-state index in [9.17, 15) is 18.0 Å². The molecule has 46 heavy (non-hydrogen) atoms. The van der Waals surface area contributed by atoms with Crippen LogP contribution in [0.4, 0.5) is 0 Å². The molecule has 9 heteroatoms. The van der Waals surface area contributed by atoms with Crippen molar-refractivity contribution in [3.05, 3.63) is 131 Å². The van der Waals surface area contributed by atoms with Crippen molar-refractivity contribution in [1.82, 2.24) is 4.98 Å². The Bertz CT molecular complexity index is 1750. The molecule has 4 atom stereocenters. The molecule has 1 aliphatic carbocycles. The lowest BCUT2D eigenvalue weighted by Gasteiger charge is -2.25. The first-order chi connectivity index (χ1) is 22.1. The highest BCUT2D eigenvalue weighted by Crippen LogP contribution is 2.55. The molecule has 2 heterocycles. The number of ether oxygens (including phenoxy) is 2. The molecule has 0 N–H and O–H groups in total. The van der Waals surface area contributed by atoms with Gasteiger partial charge in [-0.3, -0.25) is 14.6 Å². The normalized spacial score (nSPS) is 21.3. The minimum atomic E-state index is -3.54. The quantitative estimate of drug-likeness (QED) is 0.151. The smallest absolute Gasteiger partial charge is 0.181 e. The molecule has 1 aliphatic heterocycles. The Balaban J connectivity index is 1.23. The number of hydrogen-bond donors (Lipinski definition) is 0. The molecule has 1 spiro atoms. The first-order valence-corrected chi connectivity index (χ1v) is 17.8. The van der Waals surface area contributed by atoms with Crippen LogP contribution in [0.3, 0.4) is 0 Å². The number of hydrogen-bond acceptors (Lipinski definition) is 7. The summed E-state index contributed by atoms with van der Waals surface area (Å²) in [6, 6.07) is 30.0. The molecule has 6 rings (SSSR count). The van der Waals surface area contributed by atoms with Crippen LogP contribution in [0.15, 0.2) is 108 Å². The van der Waals surface area contributed by atoms with E-state index in [1.165, 1.54) is 6.07 Å². The zero-order valence-corrected chi connectivity index (χ0v) is 27.1. The molecular weight excluding hydrogens is 622 g/mol. The molecule has 2 unspecified atom stereocenters. The number of sulfone groups is 1. The van der Waals surface area contributed by atoms with E-state index in [2.05, 4.69) is 29.2 Å². The second kappa shape index (κ2) is 13.6. The third-order valence-corrected chi connectivity index (χ3v) is 10.6. The Hall–Kier alpha value is -3.69. The Labute approximate surface area is 274 Å². The third-order valence-electron chi connectivity index (χ3n) is 9.01. The van der Waals surface area contributed by atoms with E-state index in [0.717, 1.165) is 23.8 Å². The van der Waals surface area contributed by atoms with Crippen molar-refractivity contribution in [2.45, 2.75) is 67.3 Å². The predicted molar refractivity (Wildman–Crippen MR) is 175 cm³/mol. The highest BCUT2D eigenvalue weighted by atomic mass is 35.5. The molecule has 238 valence electrons. The maximum Gasteiger partial charge on any atom is 0.181 e. The van der Waals surface area contributed by atoms with Gasteiger partial charge >= 0.3 is 0 Å². The second-order valence-electron chi connectivity index (χ2n) is 12.3. The number of carbonyl (C=O) groups is 2. The maximum absolute atomic E-state index is 13.9. The van der Waals surface area contributed by atoms with Crippen molar-refractivity contribution in [3.8, 4) is 0 Å². The van der Waals surface area contributed by atoms with Gasteiger partial charge in [0.15, 0.2) is 21.4 Å². The largest absolute Gasteiger partial charge is 0.339 e. The monoisotopic (exact) mass is 657 g/mol. The van der Waals surface area contributed by atoms with Crippen molar-refractivity contribution in [1.29, 1.82) is 0 Å². The van der Waals surface area contributed by atoms with Crippen LogP contribution >= 0.6 is 11.6 Å². The van der Waals surface area contributed by atoms with E-state index in [4.69, 9.17) is 21.1 Å². The highest BCUT2D eigenvalue weighted by Gasteiger charge is 2.52. The zero-order valence-electron chi connectivity index (χ0n) is 25.5. The fraction of sp³-hybridized carbons (Fsp3) is 0.324. The average molecular weight is 658 g/mol. The van der Waals surface area contributed by atoms with Gasteiger partial charge in [0.25, 0.3) is 0 Å².